The fourth-order valence-electron chi connectivity index (χ4n) is 1.85. The minimum Gasteiger partial charge on any atom is -0.363 e. The molecule has 1 aromatic heterocycles. The summed E-state index contributed by atoms with van der Waals surface area (Å²) >= 11 is 0. The van der Waals surface area contributed by atoms with Crippen molar-refractivity contribution in [2.45, 2.75) is 17.2 Å². The third-order valence-corrected chi connectivity index (χ3v) is 4.87. The fraction of sp³-hybridized carbons (Fsp3) is 0.231. The van der Waals surface area contributed by atoms with Gasteiger partial charge in [-0.25, -0.2) is 8.42 Å². The number of hydrogen-bond donors (Lipinski definition) is 2. The molecule has 96 valence electrons. The van der Waals surface area contributed by atoms with Gasteiger partial charge in [0.05, 0.1) is 4.90 Å². The summed E-state index contributed by atoms with van der Waals surface area (Å²) in [4.78, 5) is 3.26. The van der Waals surface area contributed by atoms with Gasteiger partial charge in [-0.3, -0.25) is 5.32 Å². The van der Waals surface area contributed by atoms with Crippen molar-refractivity contribution < 1.29 is 8.42 Å². The van der Waals surface area contributed by atoms with Crippen molar-refractivity contribution in [1.29, 1.82) is 0 Å². The van der Waals surface area contributed by atoms with Gasteiger partial charge in [-0.2, -0.15) is 0 Å². The Balaban J connectivity index is 2.44. The van der Waals surface area contributed by atoms with Crippen LogP contribution in [-0.4, -0.2) is 20.4 Å². The maximum atomic E-state index is 12.5. The third kappa shape index (κ3) is 2.32. The van der Waals surface area contributed by atoms with Crippen molar-refractivity contribution in [1.82, 2.24) is 10.3 Å². The first-order valence-electron chi connectivity index (χ1n) is 5.67. The fourth-order valence-corrected chi connectivity index (χ4v) is 3.43. The van der Waals surface area contributed by atoms with Gasteiger partial charge < -0.3 is 4.98 Å². The summed E-state index contributed by atoms with van der Waals surface area (Å²) in [7, 11) is -1.80. The van der Waals surface area contributed by atoms with Crippen LogP contribution in [0.2, 0.25) is 0 Å². The van der Waals surface area contributed by atoms with Crippen molar-refractivity contribution in [3.63, 3.8) is 0 Å². The molecule has 0 aliphatic carbocycles. The van der Waals surface area contributed by atoms with Crippen LogP contribution in [-0.2, 0) is 9.84 Å². The van der Waals surface area contributed by atoms with Gasteiger partial charge in [-0.1, -0.05) is 17.7 Å². The summed E-state index contributed by atoms with van der Waals surface area (Å²) in [6, 6.07) is 10.4. The molecule has 1 heterocycles. The lowest BCUT2D eigenvalue weighted by atomic mass is 10.2. The van der Waals surface area contributed by atoms with Gasteiger partial charge in [0.15, 0.2) is 15.2 Å². The van der Waals surface area contributed by atoms with Crippen LogP contribution in [0.25, 0.3) is 0 Å². The first kappa shape index (κ1) is 12.9. The zero-order valence-corrected chi connectivity index (χ0v) is 11.2. The summed E-state index contributed by atoms with van der Waals surface area (Å²) < 4.78 is 25.0. The number of rotatable bonds is 4. The summed E-state index contributed by atoms with van der Waals surface area (Å²) in [5, 5.41) is 2.08. The molecule has 0 aliphatic rings. The number of sulfone groups is 1. The van der Waals surface area contributed by atoms with E-state index in [-0.39, 0.29) is 0 Å². The van der Waals surface area contributed by atoms with Crippen LogP contribution >= 0.6 is 0 Å². The molecular weight excluding hydrogens is 248 g/mol. The molecule has 0 saturated heterocycles. The molecule has 1 aromatic carbocycles. The molecule has 4 nitrogen and oxygen atoms in total. The average Bonchev–Trinajstić information content (AvgIpc) is 2.84. The second-order valence-corrected chi connectivity index (χ2v) is 6.19. The predicted octanol–water partition coefficient (Wildman–Crippen LogP) is 2.02. The van der Waals surface area contributed by atoms with E-state index in [1.807, 2.05) is 6.92 Å². The monoisotopic (exact) mass is 264 g/mol. The van der Waals surface area contributed by atoms with Gasteiger partial charge in [0.25, 0.3) is 0 Å². The molecule has 0 radical (unpaired) electrons. The molecule has 1 unspecified atom stereocenters. The van der Waals surface area contributed by atoms with E-state index in [0.29, 0.717) is 10.6 Å². The highest BCUT2D eigenvalue weighted by Gasteiger charge is 2.28. The van der Waals surface area contributed by atoms with Crippen LogP contribution < -0.4 is 5.32 Å². The van der Waals surface area contributed by atoms with Gasteiger partial charge in [-0.05, 0) is 38.2 Å². The first-order valence-corrected chi connectivity index (χ1v) is 7.21. The van der Waals surface area contributed by atoms with Gasteiger partial charge >= 0.3 is 0 Å². The summed E-state index contributed by atoms with van der Waals surface area (Å²) in [6.07, 6.45) is 1.71. The molecule has 0 fully saturated rings. The van der Waals surface area contributed by atoms with Crippen molar-refractivity contribution in [2.24, 2.45) is 0 Å². The molecule has 0 spiro atoms. The molecule has 1 atom stereocenters. The third-order valence-electron chi connectivity index (χ3n) is 2.83. The smallest absolute Gasteiger partial charge is 0.199 e. The molecular formula is C13H16N2O2S. The van der Waals surface area contributed by atoms with Gasteiger partial charge in [0, 0.05) is 11.9 Å². The van der Waals surface area contributed by atoms with Crippen molar-refractivity contribution in [2.75, 3.05) is 7.05 Å². The highest BCUT2D eigenvalue weighted by Crippen LogP contribution is 2.25. The Morgan fingerprint density at radius 3 is 2.33 bits per heavy atom. The average molecular weight is 264 g/mol. The molecule has 0 aliphatic heterocycles. The van der Waals surface area contributed by atoms with E-state index >= 15 is 0 Å². The van der Waals surface area contributed by atoms with Crippen LogP contribution in [0.15, 0.2) is 47.5 Å². The minimum atomic E-state index is -3.43. The lowest BCUT2D eigenvalue weighted by Gasteiger charge is -2.16. The van der Waals surface area contributed by atoms with Crippen LogP contribution in [0.1, 0.15) is 16.6 Å². The van der Waals surface area contributed by atoms with Crippen molar-refractivity contribution in [3.05, 3.63) is 53.9 Å². The Kier molecular flexibility index (Phi) is 3.54. The van der Waals surface area contributed by atoms with E-state index in [1.54, 1.807) is 49.6 Å². The maximum Gasteiger partial charge on any atom is 0.199 e. The van der Waals surface area contributed by atoms with E-state index in [9.17, 15) is 8.42 Å². The normalized spacial score (nSPS) is 13.4. The van der Waals surface area contributed by atoms with Gasteiger partial charge in [0.2, 0.25) is 0 Å². The molecule has 2 N–H and O–H groups in total. The second-order valence-electron chi connectivity index (χ2n) is 4.15. The maximum absolute atomic E-state index is 12.5. The molecule has 0 amide bonds. The number of hydrogen-bond acceptors (Lipinski definition) is 3. The summed E-state index contributed by atoms with van der Waals surface area (Å²) in [5.41, 5.74) is 1.67. The summed E-state index contributed by atoms with van der Waals surface area (Å²) in [5.74, 6) is 0. The topological polar surface area (TPSA) is 62.0 Å². The Labute approximate surface area is 107 Å². The number of aryl methyl sites for hydroxylation is 1. The van der Waals surface area contributed by atoms with Crippen LogP contribution in [0.5, 0.6) is 0 Å². The number of aromatic amines is 1. The molecule has 0 saturated carbocycles. The predicted molar refractivity (Wildman–Crippen MR) is 71.0 cm³/mol. The van der Waals surface area contributed by atoms with Gasteiger partial charge in [0.1, 0.15) is 0 Å². The van der Waals surface area contributed by atoms with E-state index in [1.165, 1.54) is 0 Å². The SMILES string of the molecule is CNC(c1ccc[nH]1)S(=O)(=O)c1ccc(C)cc1. The van der Waals surface area contributed by atoms with Crippen molar-refractivity contribution >= 4 is 9.84 Å². The molecule has 2 aromatic rings. The standard InChI is InChI=1S/C13H16N2O2S/c1-10-5-7-11(8-6-10)18(16,17)13(14-2)12-4-3-9-15-12/h3-9,13-15H,1-2H3. The van der Waals surface area contributed by atoms with Crippen molar-refractivity contribution in [3.8, 4) is 0 Å². The largest absolute Gasteiger partial charge is 0.363 e. The Bertz CT molecular complexity index is 601. The molecule has 5 heteroatoms. The van der Waals surface area contributed by atoms with Crippen LogP contribution in [0, 0.1) is 6.92 Å². The number of nitrogens with one attached hydrogen (secondary N) is 2. The van der Waals surface area contributed by atoms with E-state index in [2.05, 4.69) is 10.3 Å². The highest BCUT2D eigenvalue weighted by atomic mass is 32.2. The highest BCUT2D eigenvalue weighted by molar-refractivity contribution is 7.91. The Morgan fingerprint density at radius 1 is 1.17 bits per heavy atom. The zero-order chi connectivity index (χ0) is 13.2. The number of aromatic nitrogens is 1. The Morgan fingerprint density at radius 2 is 1.83 bits per heavy atom. The van der Waals surface area contributed by atoms with E-state index < -0.39 is 15.2 Å². The van der Waals surface area contributed by atoms with Gasteiger partial charge in [-0.15, -0.1) is 0 Å². The quantitative estimate of drug-likeness (QED) is 0.888. The molecule has 2 rings (SSSR count). The number of H-pyrrole nitrogens is 1. The molecule has 0 bridgehead atoms. The Hall–Kier alpha value is -1.59. The lowest BCUT2D eigenvalue weighted by molar-refractivity contribution is 0.567. The lowest BCUT2D eigenvalue weighted by Crippen LogP contribution is -2.26. The van der Waals surface area contributed by atoms with E-state index in [4.69, 9.17) is 0 Å². The zero-order valence-electron chi connectivity index (χ0n) is 10.3. The summed E-state index contributed by atoms with van der Waals surface area (Å²) in [6.45, 7) is 1.93. The second kappa shape index (κ2) is 4.96. The van der Waals surface area contributed by atoms with Crippen LogP contribution in [0.3, 0.4) is 0 Å². The van der Waals surface area contributed by atoms with Crippen LogP contribution in [0.4, 0.5) is 0 Å². The first-order chi connectivity index (χ1) is 8.55. The molecule has 18 heavy (non-hydrogen) atoms. The number of benzene rings is 1. The van der Waals surface area contributed by atoms with E-state index in [0.717, 1.165) is 5.56 Å². The minimum absolute atomic E-state index is 0.321.